The summed E-state index contributed by atoms with van der Waals surface area (Å²) in [6.07, 6.45) is 2.37. The lowest BCUT2D eigenvalue weighted by molar-refractivity contribution is -0.123. The van der Waals surface area contributed by atoms with Gasteiger partial charge >= 0.3 is 12.2 Å². The number of carbonyl (C=O) groups is 4. The Bertz CT molecular complexity index is 1930. The van der Waals surface area contributed by atoms with E-state index in [-0.39, 0.29) is 60.1 Å². The minimum absolute atomic E-state index is 0.0624. The number of carboxylic acid groups (broad SMARTS) is 1. The molecule has 15 heteroatoms. The van der Waals surface area contributed by atoms with E-state index in [0.29, 0.717) is 5.39 Å². The lowest BCUT2D eigenvalue weighted by Gasteiger charge is -2.17. The van der Waals surface area contributed by atoms with Gasteiger partial charge in [0.05, 0.1) is 19.3 Å². The molecule has 0 saturated carbocycles. The van der Waals surface area contributed by atoms with Gasteiger partial charge in [0.1, 0.15) is 41.2 Å². The molecule has 0 spiro atoms. The van der Waals surface area contributed by atoms with Crippen LogP contribution in [0, 0.1) is 11.6 Å². The molecule has 0 aliphatic carbocycles. The smallest absolute Gasteiger partial charge is 0.416 e. The third-order valence-electron chi connectivity index (χ3n) is 7.18. The Balaban J connectivity index is 1.57. The van der Waals surface area contributed by atoms with Crippen molar-refractivity contribution in [3.63, 3.8) is 0 Å². The summed E-state index contributed by atoms with van der Waals surface area (Å²) in [4.78, 5) is 64.1. The molecule has 0 aliphatic heterocycles. The lowest BCUT2D eigenvalue weighted by atomic mass is 10.1. The second-order valence-corrected chi connectivity index (χ2v) is 10.7. The number of aromatic nitrogens is 2. The van der Waals surface area contributed by atoms with Crippen molar-refractivity contribution in [1.29, 1.82) is 0 Å². The number of nitrogens with one attached hydrogen (secondary N) is 2. The predicted octanol–water partition coefficient (Wildman–Crippen LogP) is 4.32. The zero-order chi connectivity index (χ0) is 35.0. The number of carbonyl (C=O) groups excluding carboxylic acids is 3. The van der Waals surface area contributed by atoms with Crippen molar-refractivity contribution >= 4 is 40.6 Å². The van der Waals surface area contributed by atoms with Gasteiger partial charge in [-0.15, -0.1) is 0 Å². The molecule has 2 heterocycles. The van der Waals surface area contributed by atoms with E-state index in [2.05, 4.69) is 15.4 Å². The van der Waals surface area contributed by atoms with Crippen molar-refractivity contribution in [2.45, 2.75) is 32.0 Å². The molecule has 3 N–H and O–H groups in total. The summed E-state index contributed by atoms with van der Waals surface area (Å²) in [5.41, 5.74) is -0.410. The van der Waals surface area contributed by atoms with E-state index in [1.54, 1.807) is 38.4 Å². The second kappa shape index (κ2) is 15.5. The summed E-state index contributed by atoms with van der Waals surface area (Å²) in [5, 5.41) is 15.5. The standard InChI is InChI=1S/C33H33F2N5O8/c1-38(2)28(41)12-5-4-9-25(37-32(44)47-3)30(42)36-26-10-7-15-39(31(26)43)18-23-16-20-8-6-11-27(29(20)40(23)33(45)46)48-19-21-13-14-22(34)17-24(21)35/h5-8,10-17,25H,4,9,18-19H2,1-3H3,(H,36,42)(H,37,44)(H,45,46). The van der Waals surface area contributed by atoms with Crippen LogP contribution in [0.2, 0.25) is 0 Å². The Morgan fingerprint density at radius 2 is 1.83 bits per heavy atom. The van der Waals surface area contributed by atoms with Gasteiger partial charge in [0, 0.05) is 37.3 Å². The first-order chi connectivity index (χ1) is 22.9. The van der Waals surface area contributed by atoms with E-state index >= 15 is 0 Å². The first-order valence-corrected chi connectivity index (χ1v) is 14.6. The number of nitrogens with zero attached hydrogens (tertiary/aromatic N) is 3. The summed E-state index contributed by atoms with van der Waals surface area (Å²) in [5.74, 6) is -2.43. The number of hydrogen-bond acceptors (Lipinski definition) is 7. The molecule has 0 bridgehead atoms. The zero-order valence-corrected chi connectivity index (χ0v) is 26.2. The molecule has 4 aromatic rings. The summed E-state index contributed by atoms with van der Waals surface area (Å²) in [6, 6.07) is 11.1. The van der Waals surface area contributed by atoms with Crippen LogP contribution in [-0.4, -0.2) is 70.4 Å². The largest absolute Gasteiger partial charge is 0.487 e. The lowest BCUT2D eigenvalue weighted by Crippen LogP contribution is -2.44. The minimum atomic E-state index is -1.38. The maximum atomic E-state index is 14.2. The highest BCUT2D eigenvalue weighted by Gasteiger charge is 2.23. The molecule has 0 fully saturated rings. The second-order valence-electron chi connectivity index (χ2n) is 10.7. The van der Waals surface area contributed by atoms with E-state index < -0.39 is 41.3 Å². The van der Waals surface area contributed by atoms with Gasteiger partial charge in [-0.05, 0) is 55.3 Å². The number of hydrogen-bond donors (Lipinski definition) is 3. The Morgan fingerprint density at radius 3 is 2.52 bits per heavy atom. The number of alkyl carbamates (subject to hydrolysis) is 1. The van der Waals surface area contributed by atoms with Crippen LogP contribution < -0.4 is 20.9 Å². The highest BCUT2D eigenvalue weighted by atomic mass is 19.1. The van der Waals surface area contributed by atoms with Gasteiger partial charge in [-0.25, -0.2) is 22.9 Å². The van der Waals surface area contributed by atoms with Gasteiger partial charge < -0.3 is 34.7 Å². The SMILES string of the molecule is COC(=O)NC(CCC=CC(=O)N(C)C)C(=O)Nc1cccn(Cc2cc3cccc(OCc4ccc(F)cc4F)c3n2C(=O)O)c1=O. The number of methoxy groups -OCH3 is 1. The quantitative estimate of drug-likeness (QED) is 0.189. The topological polar surface area (TPSA) is 161 Å². The van der Waals surface area contributed by atoms with Gasteiger partial charge in [-0.3, -0.25) is 14.4 Å². The van der Waals surface area contributed by atoms with Gasteiger partial charge in [-0.2, -0.15) is 0 Å². The molecule has 252 valence electrons. The monoisotopic (exact) mass is 665 g/mol. The summed E-state index contributed by atoms with van der Waals surface area (Å²) < 4.78 is 40.0. The number of amides is 3. The molecule has 48 heavy (non-hydrogen) atoms. The number of likely N-dealkylation sites (N-methyl/N-ethyl adjacent to an activating group) is 1. The summed E-state index contributed by atoms with van der Waals surface area (Å²) in [6.45, 7) is -0.535. The Morgan fingerprint density at radius 1 is 1.06 bits per heavy atom. The Hall–Kier alpha value is -5.99. The summed E-state index contributed by atoms with van der Waals surface area (Å²) >= 11 is 0. The van der Waals surface area contributed by atoms with Gasteiger partial charge in [0.25, 0.3) is 5.56 Å². The fraction of sp³-hybridized carbons (Fsp3) is 0.242. The number of halogens is 2. The van der Waals surface area contributed by atoms with Crippen LogP contribution in [-0.2, 0) is 27.5 Å². The molecule has 2 aromatic heterocycles. The number of anilines is 1. The number of rotatable bonds is 12. The number of fused-ring (bicyclic) bond motifs is 1. The fourth-order valence-electron chi connectivity index (χ4n) is 4.75. The van der Waals surface area contributed by atoms with Crippen LogP contribution in [0.15, 0.2) is 77.7 Å². The fourth-order valence-corrected chi connectivity index (χ4v) is 4.75. The molecule has 0 saturated heterocycles. The number of ether oxygens (including phenoxy) is 2. The van der Waals surface area contributed by atoms with Crippen LogP contribution in [0.1, 0.15) is 24.1 Å². The highest BCUT2D eigenvalue weighted by molar-refractivity contribution is 5.96. The van der Waals surface area contributed by atoms with E-state index in [1.165, 1.54) is 46.0 Å². The molecule has 0 radical (unpaired) electrons. The molecular formula is C33H33F2N5O8. The third kappa shape index (κ3) is 8.43. The maximum absolute atomic E-state index is 14.2. The minimum Gasteiger partial charge on any atom is -0.487 e. The average Bonchev–Trinajstić information content (AvgIpc) is 3.42. The van der Waals surface area contributed by atoms with E-state index in [0.717, 1.165) is 23.8 Å². The molecule has 0 aliphatic rings. The molecule has 1 atom stereocenters. The first kappa shape index (κ1) is 34.9. The average molecular weight is 666 g/mol. The summed E-state index contributed by atoms with van der Waals surface area (Å²) in [7, 11) is 4.30. The molecule has 4 rings (SSSR count). The molecular weight excluding hydrogens is 632 g/mol. The zero-order valence-electron chi connectivity index (χ0n) is 26.2. The van der Waals surface area contributed by atoms with Crippen molar-refractivity contribution < 1.29 is 42.5 Å². The van der Waals surface area contributed by atoms with Crippen molar-refractivity contribution in [2.24, 2.45) is 0 Å². The number of pyridine rings is 1. The predicted molar refractivity (Wildman–Crippen MR) is 171 cm³/mol. The van der Waals surface area contributed by atoms with Gasteiger partial charge in [0.15, 0.2) is 0 Å². The number of allylic oxidation sites excluding steroid dienone is 1. The normalized spacial score (nSPS) is 11.7. The van der Waals surface area contributed by atoms with Crippen molar-refractivity contribution in [1.82, 2.24) is 19.4 Å². The number of benzene rings is 2. The molecule has 3 amide bonds. The van der Waals surface area contributed by atoms with E-state index in [4.69, 9.17) is 4.74 Å². The third-order valence-corrected chi connectivity index (χ3v) is 7.18. The Kier molecular flexibility index (Phi) is 11.3. The van der Waals surface area contributed by atoms with Crippen LogP contribution in [0.4, 0.5) is 24.1 Å². The van der Waals surface area contributed by atoms with Crippen LogP contribution in [0.5, 0.6) is 5.75 Å². The maximum Gasteiger partial charge on any atom is 0.416 e. The van der Waals surface area contributed by atoms with Gasteiger partial charge in [0.2, 0.25) is 11.8 Å². The molecule has 13 nitrogen and oxygen atoms in total. The van der Waals surface area contributed by atoms with E-state index in [1.807, 2.05) is 0 Å². The van der Waals surface area contributed by atoms with Crippen LogP contribution in [0.25, 0.3) is 10.9 Å². The van der Waals surface area contributed by atoms with Crippen LogP contribution >= 0.6 is 0 Å². The molecule has 1 unspecified atom stereocenters. The highest BCUT2D eigenvalue weighted by Crippen LogP contribution is 2.30. The van der Waals surface area contributed by atoms with Crippen molar-refractivity contribution in [3.05, 3.63) is 106 Å². The number of para-hydroxylation sites is 1. The van der Waals surface area contributed by atoms with Crippen molar-refractivity contribution in [3.8, 4) is 5.75 Å². The van der Waals surface area contributed by atoms with Crippen molar-refractivity contribution in [2.75, 3.05) is 26.5 Å². The van der Waals surface area contributed by atoms with Crippen LogP contribution in [0.3, 0.4) is 0 Å². The first-order valence-electron chi connectivity index (χ1n) is 14.6. The molecule has 2 aromatic carbocycles. The Labute approximate surface area is 273 Å². The van der Waals surface area contributed by atoms with Gasteiger partial charge in [-0.1, -0.05) is 18.2 Å². The van der Waals surface area contributed by atoms with E-state index in [9.17, 15) is 37.9 Å².